The molecule has 1 aliphatic rings. The van der Waals surface area contributed by atoms with Gasteiger partial charge in [0.05, 0.1) is 5.69 Å². The largest absolute Gasteiger partial charge is 0.365 e. The lowest BCUT2D eigenvalue weighted by atomic mass is 9.96. The summed E-state index contributed by atoms with van der Waals surface area (Å²) in [5, 5.41) is 3.72. The van der Waals surface area contributed by atoms with Gasteiger partial charge in [0.25, 0.3) is 0 Å². The van der Waals surface area contributed by atoms with Crippen LogP contribution in [0.2, 0.25) is 0 Å². The van der Waals surface area contributed by atoms with Crippen LogP contribution in [0.5, 0.6) is 0 Å². The molecule has 0 radical (unpaired) electrons. The Morgan fingerprint density at radius 2 is 2.10 bits per heavy atom. The number of benzene rings is 1. The lowest BCUT2D eigenvalue weighted by Gasteiger charge is -2.44. The number of hydrogen-bond donors (Lipinski definition) is 1. The van der Waals surface area contributed by atoms with Gasteiger partial charge >= 0.3 is 0 Å². The van der Waals surface area contributed by atoms with E-state index in [1.165, 1.54) is 23.0 Å². The summed E-state index contributed by atoms with van der Waals surface area (Å²) in [6, 6.07) is 7.65. The molecular formula is C16H24Br2N2. The van der Waals surface area contributed by atoms with Gasteiger partial charge < -0.3 is 10.2 Å². The highest BCUT2D eigenvalue weighted by Gasteiger charge is 2.30. The first-order valence-electron chi connectivity index (χ1n) is 7.48. The summed E-state index contributed by atoms with van der Waals surface area (Å²) in [6.07, 6.45) is 2.48. The van der Waals surface area contributed by atoms with Gasteiger partial charge in [0.1, 0.15) is 0 Å². The first-order valence-corrected chi connectivity index (χ1v) is 9.06. The van der Waals surface area contributed by atoms with Gasteiger partial charge in [-0.3, -0.25) is 0 Å². The molecule has 2 rings (SSSR count). The Morgan fingerprint density at radius 1 is 1.35 bits per heavy atom. The molecule has 2 atom stereocenters. The molecule has 1 fully saturated rings. The minimum absolute atomic E-state index is 0.556. The molecule has 4 heteroatoms. The molecule has 2 nitrogen and oxygen atoms in total. The Labute approximate surface area is 139 Å². The fourth-order valence-corrected chi connectivity index (χ4v) is 4.24. The molecule has 1 heterocycles. The molecule has 0 spiro atoms. The predicted octanol–water partition coefficient (Wildman–Crippen LogP) is 4.81. The molecule has 1 N–H and O–H groups in total. The minimum Gasteiger partial charge on any atom is -0.365 e. The lowest BCUT2D eigenvalue weighted by molar-refractivity contribution is 0.327. The van der Waals surface area contributed by atoms with Gasteiger partial charge in [-0.15, -0.1) is 0 Å². The van der Waals surface area contributed by atoms with E-state index in [9.17, 15) is 0 Å². The number of rotatable bonds is 4. The van der Waals surface area contributed by atoms with E-state index in [-0.39, 0.29) is 0 Å². The number of hydrogen-bond acceptors (Lipinski definition) is 2. The summed E-state index contributed by atoms with van der Waals surface area (Å²) < 4.78 is 2.30. The van der Waals surface area contributed by atoms with E-state index in [1.807, 2.05) is 0 Å². The summed E-state index contributed by atoms with van der Waals surface area (Å²) in [6.45, 7) is 9.05. The molecule has 2 unspecified atom stereocenters. The molecule has 112 valence electrons. The maximum absolute atomic E-state index is 3.73. The molecule has 1 aromatic carbocycles. The van der Waals surface area contributed by atoms with Crippen LogP contribution in [0.3, 0.4) is 0 Å². The first-order chi connectivity index (χ1) is 9.52. The second-order valence-corrected chi connectivity index (χ2v) is 7.72. The molecular weight excluding hydrogens is 380 g/mol. The summed E-state index contributed by atoms with van der Waals surface area (Å²) >= 11 is 7.27. The molecule has 1 saturated heterocycles. The molecule has 0 aromatic heterocycles. The number of anilines is 1. The number of nitrogens with zero attached hydrogens (tertiary/aromatic N) is 1. The summed E-state index contributed by atoms with van der Waals surface area (Å²) in [5.41, 5.74) is 1.31. The van der Waals surface area contributed by atoms with Gasteiger partial charge in [-0.2, -0.15) is 0 Å². The van der Waals surface area contributed by atoms with Crippen LogP contribution in [0.1, 0.15) is 33.6 Å². The van der Waals surface area contributed by atoms with Crippen molar-refractivity contribution in [2.75, 3.05) is 18.0 Å². The monoisotopic (exact) mass is 402 g/mol. The van der Waals surface area contributed by atoms with E-state index in [2.05, 4.69) is 81.0 Å². The van der Waals surface area contributed by atoms with Crippen molar-refractivity contribution in [1.29, 1.82) is 0 Å². The smallest absolute Gasteiger partial charge is 0.0515 e. The third kappa shape index (κ3) is 3.77. The fourth-order valence-electron chi connectivity index (χ4n) is 2.96. The highest BCUT2D eigenvalue weighted by Crippen LogP contribution is 2.33. The quantitative estimate of drug-likeness (QED) is 0.775. The summed E-state index contributed by atoms with van der Waals surface area (Å²) in [5.74, 6) is 0.639. The lowest BCUT2D eigenvalue weighted by Crippen LogP contribution is -2.58. The van der Waals surface area contributed by atoms with Gasteiger partial charge in [0.15, 0.2) is 0 Å². The zero-order chi connectivity index (χ0) is 14.7. The van der Waals surface area contributed by atoms with Crippen LogP contribution in [0, 0.1) is 5.92 Å². The van der Waals surface area contributed by atoms with E-state index >= 15 is 0 Å². The van der Waals surface area contributed by atoms with E-state index in [0.29, 0.717) is 18.0 Å². The Kier molecular flexibility index (Phi) is 5.94. The number of piperazine rings is 1. The highest BCUT2D eigenvalue weighted by molar-refractivity contribution is 9.11. The molecule has 0 saturated carbocycles. The minimum atomic E-state index is 0.556. The maximum Gasteiger partial charge on any atom is 0.0515 e. The zero-order valence-electron chi connectivity index (χ0n) is 12.5. The molecule has 0 aliphatic carbocycles. The van der Waals surface area contributed by atoms with Crippen molar-refractivity contribution >= 4 is 37.5 Å². The van der Waals surface area contributed by atoms with Crippen molar-refractivity contribution in [3.05, 3.63) is 27.1 Å². The Hall–Kier alpha value is -0.0600. The average Bonchev–Trinajstić information content (AvgIpc) is 2.38. The summed E-state index contributed by atoms with van der Waals surface area (Å²) in [7, 11) is 0. The highest BCUT2D eigenvalue weighted by atomic mass is 79.9. The second-order valence-electron chi connectivity index (χ2n) is 5.95. The van der Waals surface area contributed by atoms with Crippen molar-refractivity contribution in [1.82, 2.24) is 5.32 Å². The Balaban J connectivity index is 2.26. The Morgan fingerprint density at radius 3 is 2.70 bits per heavy atom. The molecule has 1 aromatic rings. The van der Waals surface area contributed by atoms with Crippen molar-refractivity contribution in [2.45, 2.75) is 45.7 Å². The standard InChI is InChI=1S/C16H24Br2N2/c1-4-5-13-10-20(16(9-19-13)11(2)3)15-7-6-12(17)8-14(15)18/h6-8,11,13,16,19H,4-5,9-10H2,1-3H3. The number of nitrogens with one attached hydrogen (secondary N) is 1. The van der Waals surface area contributed by atoms with Gasteiger partial charge in [-0.25, -0.2) is 0 Å². The van der Waals surface area contributed by atoms with Crippen molar-refractivity contribution in [3.8, 4) is 0 Å². The zero-order valence-corrected chi connectivity index (χ0v) is 15.7. The van der Waals surface area contributed by atoms with E-state index in [1.54, 1.807) is 0 Å². The Bertz CT molecular complexity index is 448. The molecule has 1 aliphatic heterocycles. The van der Waals surface area contributed by atoms with Gasteiger partial charge in [0.2, 0.25) is 0 Å². The van der Waals surface area contributed by atoms with Crippen LogP contribution in [-0.4, -0.2) is 25.2 Å². The van der Waals surface area contributed by atoms with E-state index in [4.69, 9.17) is 0 Å². The topological polar surface area (TPSA) is 15.3 Å². The third-order valence-electron chi connectivity index (χ3n) is 4.06. The SMILES string of the molecule is CCCC1CN(c2ccc(Br)cc2Br)C(C(C)C)CN1. The van der Waals surface area contributed by atoms with Crippen LogP contribution < -0.4 is 10.2 Å². The van der Waals surface area contributed by atoms with E-state index in [0.717, 1.165) is 17.6 Å². The van der Waals surface area contributed by atoms with Gasteiger partial charge in [0, 0.05) is 34.1 Å². The van der Waals surface area contributed by atoms with Gasteiger partial charge in [-0.1, -0.05) is 43.1 Å². The first kappa shape index (κ1) is 16.3. The average molecular weight is 404 g/mol. The second kappa shape index (κ2) is 7.28. The van der Waals surface area contributed by atoms with Crippen LogP contribution in [0.25, 0.3) is 0 Å². The van der Waals surface area contributed by atoms with Crippen LogP contribution in [-0.2, 0) is 0 Å². The number of halogens is 2. The molecule has 0 amide bonds. The maximum atomic E-state index is 3.73. The predicted molar refractivity (Wildman–Crippen MR) is 94.5 cm³/mol. The van der Waals surface area contributed by atoms with Crippen molar-refractivity contribution < 1.29 is 0 Å². The van der Waals surface area contributed by atoms with Crippen molar-refractivity contribution in [2.24, 2.45) is 5.92 Å². The van der Waals surface area contributed by atoms with Gasteiger partial charge in [-0.05, 0) is 46.5 Å². The normalized spacial score (nSPS) is 23.4. The fraction of sp³-hybridized carbons (Fsp3) is 0.625. The van der Waals surface area contributed by atoms with Crippen LogP contribution in [0.4, 0.5) is 5.69 Å². The summed E-state index contributed by atoms with van der Waals surface area (Å²) in [4.78, 5) is 2.58. The van der Waals surface area contributed by atoms with Crippen LogP contribution >= 0.6 is 31.9 Å². The van der Waals surface area contributed by atoms with Crippen LogP contribution in [0.15, 0.2) is 27.1 Å². The molecule has 20 heavy (non-hydrogen) atoms. The molecule has 0 bridgehead atoms. The van der Waals surface area contributed by atoms with E-state index < -0.39 is 0 Å². The third-order valence-corrected chi connectivity index (χ3v) is 5.19. The van der Waals surface area contributed by atoms with Crippen molar-refractivity contribution in [3.63, 3.8) is 0 Å².